The van der Waals surface area contributed by atoms with Crippen LogP contribution in [0.1, 0.15) is 16.1 Å². The number of hydrogen-bond donors (Lipinski definition) is 2. The molecule has 0 atom stereocenters. The second-order valence-electron chi connectivity index (χ2n) is 4.82. The van der Waals surface area contributed by atoms with Crippen molar-refractivity contribution in [3.05, 3.63) is 65.6 Å². The van der Waals surface area contributed by atoms with Crippen LogP contribution < -0.4 is 10.5 Å². The molecule has 23 heavy (non-hydrogen) atoms. The third kappa shape index (κ3) is 3.34. The van der Waals surface area contributed by atoms with E-state index in [1.54, 1.807) is 24.3 Å². The largest absolute Gasteiger partial charge is 0.489 e. The number of aromatic nitrogens is 3. The first-order valence-corrected chi connectivity index (χ1v) is 6.82. The van der Waals surface area contributed by atoms with Gasteiger partial charge in [-0.25, -0.2) is 4.39 Å². The highest BCUT2D eigenvalue weighted by molar-refractivity contribution is 5.96. The van der Waals surface area contributed by atoms with E-state index in [1.165, 1.54) is 12.1 Å². The van der Waals surface area contributed by atoms with Crippen LogP contribution in [0.15, 0.2) is 48.5 Å². The quantitative estimate of drug-likeness (QED) is 0.756. The molecule has 0 aliphatic rings. The fourth-order valence-corrected chi connectivity index (χ4v) is 2.06. The Morgan fingerprint density at radius 2 is 1.78 bits per heavy atom. The highest BCUT2D eigenvalue weighted by atomic mass is 19.1. The molecule has 0 aliphatic carbocycles. The standard InChI is InChI=1S/C16H13FN4O2/c17-12-5-7-13(8-6-12)23-9-10-1-3-11(4-2-10)14-15(16(18)22)20-21-19-14/h1-8H,9H2,(H2,18,22)(H,19,20,21). The zero-order valence-corrected chi connectivity index (χ0v) is 12.0. The molecule has 0 spiro atoms. The van der Waals surface area contributed by atoms with Gasteiger partial charge in [-0.3, -0.25) is 4.79 Å². The lowest BCUT2D eigenvalue weighted by molar-refractivity contribution is 0.0996. The highest BCUT2D eigenvalue weighted by Gasteiger charge is 2.14. The van der Waals surface area contributed by atoms with E-state index in [0.29, 0.717) is 18.1 Å². The lowest BCUT2D eigenvalue weighted by Gasteiger charge is -2.07. The maximum Gasteiger partial charge on any atom is 0.271 e. The molecular formula is C16H13FN4O2. The Kier molecular flexibility index (Phi) is 4.01. The monoisotopic (exact) mass is 312 g/mol. The van der Waals surface area contributed by atoms with E-state index in [0.717, 1.165) is 11.1 Å². The molecule has 1 aromatic heterocycles. The van der Waals surface area contributed by atoms with Gasteiger partial charge in [0.25, 0.3) is 5.91 Å². The number of nitrogens with two attached hydrogens (primary N) is 1. The fourth-order valence-electron chi connectivity index (χ4n) is 2.06. The Hall–Kier alpha value is -3.22. The smallest absolute Gasteiger partial charge is 0.271 e. The first-order chi connectivity index (χ1) is 11.1. The van der Waals surface area contributed by atoms with Gasteiger partial charge in [0, 0.05) is 5.56 Å². The van der Waals surface area contributed by atoms with Crippen LogP contribution in [0.3, 0.4) is 0 Å². The van der Waals surface area contributed by atoms with Crippen molar-refractivity contribution >= 4 is 5.91 Å². The van der Waals surface area contributed by atoms with Crippen LogP contribution in [0.2, 0.25) is 0 Å². The molecule has 7 heteroatoms. The Morgan fingerprint density at radius 3 is 2.43 bits per heavy atom. The van der Waals surface area contributed by atoms with Crippen molar-refractivity contribution < 1.29 is 13.9 Å². The summed E-state index contributed by atoms with van der Waals surface area (Å²) in [5, 5.41) is 10.1. The van der Waals surface area contributed by atoms with Gasteiger partial charge in [-0.2, -0.15) is 15.4 Å². The molecule has 0 aliphatic heterocycles. The molecule has 0 saturated carbocycles. The van der Waals surface area contributed by atoms with Gasteiger partial charge < -0.3 is 10.5 Å². The van der Waals surface area contributed by atoms with Gasteiger partial charge in [-0.1, -0.05) is 24.3 Å². The normalized spacial score (nSPS) is 10.5. The first-order valence-electron chi connectivity index (χ1n) is 6.82. The number of ether oxygens (including phenoxy) is 1. The zero-order chi connectivity index (χ0) is 16.2. The molecule has 6 nitrogen and oxygen atoms in total. The number of nitrogens with zero attached hydrogens (tertiary/aromatic N) is 2. The van der Waals surface area contributed by atoms with Gasteiger partial charge in [0.15, 0.2) is 5.69 Å². The number of hydrogen-bond acceptors (Lipinski definition) is 4. The lowest BCUT2D eigenvalue weighted by Crippen LogP contribution is -2.12. The van der Waals surface area contributed by atoms with E-state index >= 15 is 0 Å². The molecule has 2 aromatic carbocycles. The molecule has 0 unspecified atom stereocenters. The molecule has 0 bridgehead atoms. The second kappa shape index (κ2) is 6.27. The molecule has 1 amide bonds. The number of aromatic amines is 1. The topological polar surface area (TPSA) is 93.9 Å². The SMILES string of the molecule is NC(=O)c1n[nH]nc1-c1ccc(COc2ccc(F)cc2)cc1. The van der Waals surface area contributed by atoms with Crippen LogP contribution in [0.25, 0.3) is 11.3 Å². The van der Waals surface area contributed by atoms with Crippen molar-refractivity contribution in [2.75, 3.05) is 0 Å². The van der Waals surface area contributed by atoms with Crippen molar-refractivity contribution in [2.24, 2.45) is 5.73 Å². The van der Waals surface area contributed by atoms with Crippen LogP contribution in [0, 0.1) is 5.82 Å². The molecule has 1 heterocycles. The summed E-state index contributed by atoms with van der Waals surface area (Å²) < 4.78 is 18.4. The summed E-state index contributed by atoms with van der Waals surface area (Å²) in [5.74, 6) is -0.361. The Labute approximate surface area is 131 Å². The van der Waals surface area contributed by atoms with Gasteiger partial charge in [0.2, 0.25) is 0 Å². The molecule has 3 aromatic rings. The number of benzene rings is 2. The number of carbonyl (C=O) groups excluding carboxylic acids is 1. The number of halogens is 1. The van der Waals surface area contributed by atoms with Crippen molar-refractivity contribution in [2.45, 2.75) is 6.61 Å². The molecule has 3 rings (SSSR count). The predicted octanol–water partition coefficient (Wildman–Crippen LogP) is 2.29. The minimum absolute atomic E-state index is 0.0975. The summed E-state index contributed by atoms with van der Waals surface area (Å²) in [6.45, 7) is 0.341. The number of primary amides is 1. The van der Waals surface area contributed by atoms with Crippen molar-refractivity contribution in [3.8, 4) is 17.0 Å². The van der Waals surface area contributed by atoms with E-state index < -0.39 is 5.91 Å². The van der Waals surface area contributed by atoms with E-state index in [1.807, 2.05) is 12.1 Å². The molecule has 0 fully saturated rings. The number of rotatable bonds is 5. The van der Waals surface area contributed by atoms with E-state index in [-0.39, 0.29) is 11.5 Å². The van der Waals surface area contributed by atoms with Gasteiger partial charge in [-0.15, -0.1) is 0 Å². The summed E-state index contributed by atoms with van der Waals surface area (Å²) >= 11 is 0. The maximum atomic E-state index is 12.8. The lowest BCUT2D eigenvalue weighted by atomic mass is 10.1. The summed E-state index contributed by atoms with van der Waals surface area (Å²) in [6, 6.07) is 13.1. The van der Waals surface area contributed by atoms with Crippen molar-refractivity contribution in [1.82, 2.24) is 15.4 Å². The number of amides is 1. The third-order valence-corrected chi connectivity index (χ3v) is 3.23. The molecule has 116 valence electrons. The number of carbonyl (C=O) groups is 1. The molecule has 0 radical (unpaired) electrons. The number of H-pyrrole nitrogens is 1. The summed E-state index contributed by atoms with van der Waals surface area (Å²) in [7, 11) is 0. The van der Waals surface area contributed by atoms with Gasteiger partial charge in [-0.05, 0) is 29.8 Å². The van der Waals surface area contributed by atoms with Gasteiger partial charge >= 0.3 is 0 Å². The van der Waals surface area contributed by atoms with Crippen LogP contribution in [-0.2, 0) is 6.61 Å². The fraction of sp³-hybridized carbons (Fsp3) is 0.0625. The summed E-state index contributed by atoms with van der Waals surface area (Å²) in [4.78, 5) is 11.3. The number of nitrogens with one attached hydrogen (secondary N) is 1. The highest BCUT2D eigenvalue weighted by Crippen LogP contribution is 2.20. The zero-order valence-electron chi connectivity index (χ0n) is 12.0. The molecular weight excluding hydrogens is 299 g/mol. The third-order valence-electron chi connectivity index (χ3n) is 3.23. The van der Waals surface area contributed by atoms with Gasteiger partial charge in [0.1, 0.15) is 23.9 Å². The van der Waals surface area contributed by atoms with Crippen LogP contribution >= 0.6 is 0 Å². The Morgan fingerprint density at radius 1 is 1.09 bits per heavy atom. The maximum absolute atomic E-state index is 12.8. The molecule has 0 saturated heterocycles. The van der Waals surface area contributed by atoms with Crippen LogP contribution in [0.5, 0.6) is 5.75 Å². The van der Waals surface area contributed by atoms with E-state index in [2.05, 4.69) is 15.4 Å². The van der Waals surface area contributed by atoms with Crippen molar-refractivity contribution in [3.63, 3.8) is 0 Å². The van der Waals surface area contributed by atoms with E-state index in [9.17, 15) is 9.18 Å². The summed E-state index contributed by atoms with van der Waals surface area (Å²) in [6.07, 6.45) is 0. The average Bonchev–Trinajstić information content (AvgIpc) is 3.05. The van der Waals surface area contributed by atoms with Crippen LogP contribution in [-0.4, -0.2) is 21.3 Å². The predicted molar refractivity (Wildman–Crippen MR) is 81.1 cm³/mol. The summed E-state index contributed by atoms with van der Waals surface area (Å²) in [5.41, 5.74) is 7.38. The first kappa shape index (κ1) is 14.7. The Balaban J connectivity index is 1.71. The average molecular weight is 312 g/mol. The van der Waals surface area contributed by atoms with Crippen LogP contribution in [0.4, 0.5) is 4.39 Å². The Bertz CT molecular complexity index is 813. The van der Waals surface area contributed by atoms with Crippen molar-refractivity contribution in [1.29, 1.82) is 0 Å². The molecule has 3 N–H and O–H groups in total. The minimum atomic E-state index is -0.641. The van der Waals surface area contributed by atoms with E-state index in [4.69, 9.17) is 10.5 Å². The second-order valence-corrected chi connectivity index (χ2v) is 4.82. The van der Waals surface area contributed by atoms with Gasteiger partial charge in [0.05, 0.1) is 0 Å². The minimum Gasteiger partial charge on any atom is -0.489 e.